The van der Waals surface area contributed by atoms with Crippen LogP contribution in [0.5, 0.6) is 0 Å². The quantitative estimate of drug-likeness (QED) is 0.211. The third kappa shape index (κ3) is 13.9. The molecule has 0 heterocycles. The lowest BCUT2D eigenvalue weighted by Crippen LogP contribution is -2.35. The van der Waals surface area contributed by atoms with E-state index in [-0.39, 0.29) is 18.4 Å². The third-order valence-electron chi connectivity index (χ3n) is 5.45. The second-order valence-electron chi connectivity index (χ2n) is 8.33. The molecular weight excluding hydrogens is 386 g/mol. The molecule has 0 aliphatic heterocycles. The predicted molar refractivity (Wildman–Crippen MR) is 118 cm³/mol. The number of carboxylic acid groups (broad SMARTS) is 1. The van der Waals surface area contributed by atoms with Gasteiger partial charge in [-0.15, -0.1) is 0 Å². The molecule has 7 nitrogen and oxygen atoms in total. The lowest BCUT2D eigenvalue weighted by atomic mass is 9.96. The summed E-state index contributed by atoms with van der Waals surface area (Å²) in [6, 6.07) is 0.0431. The van der Waals surface area contributed by atoms with Crippen molar-refractivity contribution in [1.82, 2.24) is 5.32 Å². The van der Waals surface area contributed by atoms with Crippen LogP contribution in [0.15, 0.2) is 0 Å². The highest BCUT2D eigenvalue weighted by Crippen LogP contribution is 2.21. The van der Waals surface area contributed by atoms with Gasteiger partial charge in [0.1, 0.15) is 0 Å². The van der Waals surface area contributed by atoms with Crippen LogP contribution in [0.2, 0.25) is 0 Å². The number of amides is 1. The number of carbonyl (C=O) groups is 2. The number of hydrogen-bond acceptors (Lipinski definition) is 5. The Balaban J connectivity index is 3.66. The van der Waals surface area contributed by atoms with Crippen molar-refractivity contribution in [2.24, 2.45) is 5.92 Å². The molecule has 0 rings (SSSR count). The zero-order valence-electron chi connectivity index (χ0n) is 19.8. The van der Waals surface area contributed by atoms with Gasteiger partial charge in [-0.2, -0.15) is 0 Å². The lowest BCUT2D eigenvalue weighted by Gasteiger charge is -2.28. The number of rotatable bonds is 20. The molecule has 2 N–H and O–H groups in total. The SMILES string of the molecule is COC(CCCCCCCCCCCCC(CC(=O)NC(C)C)C(=O)O)(OC)OC. The summed E-state index contributed by atoms with van der Waals surface area (Å²) < 4.78 is 15.9. The molecule has 0 aromatic rings. The van der Waals surface area contributed by atoms with E-state index in [1.807, 2.05) is 13.8 Å². The molecule has 7 heteroatoms. The van der Waals surface area contributed by atoms with Gasteiger partial charge in [0.2, 0.25) is 5.91 Å². The number of unbranched alkanes of at least 4 members (excludes halogenated alkanes) is 9. The number of carboxylic acids is 1. The summed E-state index contributed by atoms with van der Waals surface area (Å²) in [4.78, 5) is 23.1. The van der Waals surface area contributed by atoms with Gasteiger partial charge < -0.3 is 24.6 Å². The van der Waals surface area contributed by atoms with Crippen molar-refractivity contribution in [2.45, 2.75) is 109 Å². The highest BCUT2D eigenvalue weighted by molar-refractivity contribution is 5.82. The molecule has 1 unspecified atom stereocenters. The van der Waals surface area contributed by atoms with E-state index in [4.69, 9.17) is 14.2 Å². The molecule has 0 aromatic heterocycles. The first-order chi connectivity index (χ1) is 14.3. The Bertz CT molecular complexity index is 443. The topological polar surface area (TPSA) is 94.1 Å². The van der Waals surface area contributed by atoms with Gasteiger partial charge in [-0.25, -0.2) is 0 Å². The van der Waals surface area contributed by atoms with Crippen LogP contribution in [-0.4, -0.2) is 50.3 Å². The Labute approximate surface area is 183 Å². The first-order valence-corrected chi connectivity index (χ1v) is 11.5. The maximum atomic E-state index is 11.8. The number of carbonyl (C=O) groups excluding carboxylic acids is 1. The van der Waals surface area contributed by atoms with Crippen molar-refractivity contribution < 1.29 is 28.9 Å². The molecule has 0 saturated heterocycles. The van der Waals surface area contributed by atoms with E-state index in [9.17, 15) is 14.7 Å². The molecule has 0 spiro atoms. The monoisotopic (exact) mass is 431 g/mol. The fourth-order valence-electron chi connectivity index (χ4n) is 3.62. The Kier molecular flexibility index (Phi) is 16.8. The summed E-state index contributed by atoms with van der Waals surface area (Å²) in [5, 5.41) is 12.1. The minimum Gasteiger partial charge on any atom is -0.481 e. The highest BCUT2D eigenvalue weighted by Gasteiger charge is 2.28. The molecule has 1 amide bonds. The van der Waals surface area contributed by atoms with Gasteiger partial charge in [0.15, 0.2) is 0 Å². The van der Waals surface area contributed by atoms with Crippen LogP contribution in [0.4, 0.5) is 0 Å². The number of methoxy groups -OCH3 is 3. The zero-order chi connectivity index (χ0) is 22.8. The Hall–Kier alpha value is -1.18. The Morgan fingerprint density at radius 2 is 1.23 bits per heavy atom. The summed E-state index contributed by atoms with van der Waals surface area (Å²) in [5.41, 5.74) is 0. The molecule has 0 aliphatic carbocycles. The number of aliphatic carboxylic acids is 1. The lowest BCUT2D eigenvalue weighted by molar-refractivity contribution is -0.355. The van der Waals surface area contributed by atoms with E-state index in [1.54, 1.807) is 21.3 Å². The van der Waals surface area contributed by atoms with Crippen molar-refractivity contribution >= 4 is 11.9 Å². The Morgan fingerprint density at radius 3 is 1.63 bits per heavy atom. The maximum Gasteiger partial charge on any atom is 0.307 e. The molecule has 0 bridgehead atoms. The van der Waals surface area contributed by atoms with Crippen LogP contribution >= 0.6 is 0 Å². The average Bonchev–Trinajstić information content (AvgIpc) is 2.70. The molecule has 0 fully saturated rings. The van der Waals surface area contributed by atoms with Crippen molar-refractivity contribution in [3.05, 3.63) is 0 Å². The van der Waals surface area contributed by atoms with Gasteiger partial charge >= 0.3 is 5.97 Å². The normalized spacial score (nSPS) is 12.9. The van der Waals surface area contributed by atoms with Gasteiger partial charge in [-0.3, -0.25) is 9.59 Å². The molecule has 0 aromatic carbocycles. The second-order valence-corrected chi connectivity index (χ2v) is 8.33. The molecule has 178 valence electrons. The maximum absolute atomic E-state index is 11.8. The van der Waals surface area contributed by atoms with Crippen LogP contribution < -0.4 is 5.32 Å². The molecular formula is C23H45NO6. The van der Waals surface area contributed by atoms with E-state index in [0.29, 0.717) is 6.42 Å². The summed E-state index contributed by atoms with van der Waals surface area (Å²) >= 11 is 0. The van der Waals surface area contributed by atoms with Crippen LogP contribution in [-0.2, 0) is 23.8 Å². The summed E-state index contributed by atoms with van der Waals surface area (Å²) in [6.45, 7) is 3.75. The van der Waals surface area contributed by atoms with E-state index < -0.39 is 17.9 Å². The number of hydrogen-bond donors (Lipinski definition) is 2. The van der Waals surface area contributed by atoms with Gasteiger partial charge in [-0.1, -0.05) is 57.8 Å². The Morgan fingerprint density at radius 1 is 0.800 bits per heavy atom. The van der Waals surface area contributed by atoms with E-state index >= 15 is 0 Å². The first kappa shape index (κ1) is 28.8. The summed E-state index contributed by atoms with van der Waals surface area (Å²) in [5.74, 6) is -2.52. The largest absolute Gasteiger partial charge is 0.481 e. The molecule has 0 radical (unpaired) electrons. The van der Waals surface area contributed by atoms with Gasteiger partial charge in [0, 0.05) is 40.2 Å². The van der Waals surface area contributed by atoms with Crippen LogP contribution in [0.1, 0.15) is 97.3 Å². The van der Waals surface area contributed by atoms with Crippen LogP contribution in [0.25, 0.3) is 0 Å². The minimum atomic E-state index is -0.905. The van der Waals surface area contributed by atoms with Crippen LogP contribution in [0.3, 0.4) is 0 Å². The fraction of sp³-hybridized carbons (Fsp3) is 0.913. The van der Waals surface area contributed by atoms with Crippen molar-refractivity contribution in [1.29, 1.82) is 0 Å². The standard InChI is InChI=1S/C23H45NO6/c1-19(2)24-21(25)18-20(22(26)27)16-14-12-10-8-6-7-9-11-13-15-17-23(28-3,29-4)30-5/h19-20H,6-18H2,1-5H3,(H,24,25)(H,26,27). The number of ether oxygens (including phenoxy) is 3. The van der Waals surface area contributed by atoms with Gasteiger partial charge in [0.05, 0.1) is 5.92 Å². The molecule has 0 aliphatic rings. The van der Waals surface area contributed by atoms with E-state index in [2.05, 4.69) is 5.32 Å². The van der Waals surface area contributed by atoms with E-state index in [0.717, 1.165) is 38.5 Å². The minimum absolute atomic E-state index is 0.0431. The highest BCUT2D eigenvalue weighted by atomic mass is 16.9. The predicted octanol–water partition coefficient (Wildman–Crippen LogP) is 4.88. The summed E-state index contributed by atoms with van der Waals surface area (Å²) in [7, 11) is 4.79. The average molecular weight is 432 g/mol. The van der Waals surface area contributed by atoms with E-state index in [1.165, 1.54) is 32.1 Å². The third-order valence-corrected chi connectivity index (χ3v) is 5.45. The molecule has 1 atom stereocenters. The van der Waals surface area contributed by atoms with Gasteiger partial charge in [-0.05, 0) is 26.7 Å². The van der Waals surface area contributed by atoms with Crippen molar-refractivity contribution in [2.75, 3.05) is 21.3 Å². The van der Waals surface area contributed by atoms with Crippen molar-refractivity contribution in [3.8, 4) is 0 Å². The summed E-state index contributed by atoms with van der Waals surface area (Å²) in [6.07, 6.45) is 12.6. The van der Waals surface area contributed by atoms with Crippen LogP contribution in [0, 0.1) is 5.92 Å². The second kappa shape index (κ2) is 17.5. The molecule has 30 heavy (non-hydrogen) atoms. The smallest absolute Gasteiger partial charge is 0.307 e. The number of nitrogens with one attached hydrogen (secondary N) is 1. The van der Waals surface area contributed by atoms with Gasteiger partial charge in [0.25, 0.3) is 5.97 Å². The fourth-order valence-corrected chi connectivity index (χ4v) is 3.62. The van der Waals surface area contributed by atoms with Crippen molar-refractivity contribution in [3.63, 3.8) is 0 Å². The zero-order valence-corrected chi connectivity index (χ0v) is 19.8. The molecule has 0 saturated carbocycles. The first-order valence-electron chi connectivity index (χ1n) is 11.5.